The van der Waals surface area contributed by atoms with Crippen molar-refractivity contribution in [2.75, 3.05) is 11.5 Å². The summed E-state index contributed by atoms with van der Waals surface area (Å²) in [5.74, 6) is -0.203. The Morgan fingerprint density at radius 3 is 1.21 bits per heavy atom. The molecule has 4 atom stereocenters. The van der Waals surface area contributed by atoms with Gasteiger partial charge in [-0.1, -0.05) is 52.0 Å². The van der Waals surface area contributed by atoms with Gasteiger partial charge in [0.2, 0.25) is 0 Å². The number of hydrogen-bond acceptors (Lipinski definition) is 6. The fourth-order valence-electron chi connectivity index (χ4n) is 7.50. The fraction of sp³-hybridized carbons (Fsp3) is 0.714. The highest BCUT2D eigenvalue weighted by atomic mass is 32.2. The number of benzene rings is 1. The third-order valence-electron chi connectivity index (χ3n) is 10.6. The van der Waals surface area contributed by atoms with Crippen LogP contribution < -0.4 is 0 Å². The van der Waals surface area contributed by atoms with E-state index in [1.807, 2.05) is 27.7 Å². The second kappa shape index (κ2) is 10.1. The van der Waals surface area contributed by atoms with Gasteiger partial charge in [0.15, 0.2) is 0 Å². The summed E-state index contributed by atoms with van der Waals surface area (Å²) in [4.78, 5) is 23.8. The molecular weight excluding hydrogens is 528 g/mol. The van der Waals surface area contributed by atoms with Crippen LogP contribution in [0, 0.1) is 47.3 Å². The number of hydrogen-bond donors (Lipinski definition) is 2. The number of rotatable bonds is 4. The van der Waals surface area contributed by atoms with Gasteiger partial charge in [-0.2, -0.15) is 16.8 Å². The largest absolute Gasteiger partial charge is 0.299 e. The van der Waals surface area contributed by atoms with E-state index in [1.165, 1.54) is 11.1 Å². The molecule has 0 aliphatic heterocycles. The van der Waals surface area contributed by atoms with Gasteiger partial charge in [0, 0.05) is 12.8 Å². The van der Waals surface area contributed by atoms with Crippen molar-refractivity contribution in [3.8, 4) is 0 Å². The van der Waals surface area contributed by atoms with E-state index >= 15 is 0 Å². The molecule has 214 valence electrons. The molecule has 0 spiro atoms. The average Bonchev–Trinajstić information content (AvgIpc) is 3.27. The first-order chi connectivity index (χ1) is 17.2. The highest BCUT2D eigenvalue weighted by Gasteiger charge is 2.66. The summed E-state index contributed by atoms with van der Waals surface area (Å²) in [6.07, 6.45) is 3.94. The minimum atomic E-state index is -4.08. The van der Waals surface area contributed by atoms with Crippen molar-refractivity contribution in [1.29, 1.82) is 0 Å². The summed E-state index contributed by atoms with van der Waals surface area (Å²) in [5, 5.41) is 0. The molecule has 4 saturated carbocycles. The number of Topliss-reactive ketones (excluding diaryl/α,β-unsaturated/α-hetero) is 2. The van der Waals surface area contributed by atoms with Gasteiger partial charge in [0.1, 0.15) is 11.6 Å². The molecule has 10 heteroatoms. The molecule has 4 aliphatic rings. The van der Waals surface area contributed by atoms with Crippen LogP contribution in [0.4, 0.5) is 0 Å². The van der Waals surface area contributed by atoms with Crippen LogP contribution in [0.2, 0.25) is 0 Å². The molecule has 0 radical (unpaired) electrons. The average molecular weight is 571 g/mol. The molecule has 5 rings (SSSR count). The van der Waals surface area contributed by atoms with E-state index in [2.05, 4.69) is 38.1 Å². The first-order valence-corrected chi connectivity index (χ1v) is 16.4. The van der Waals surface area contributed by atoms with Crippen LogP contribution in [0.25, 0.3) is 0 Å². The normalized spacial score (nSPS) is 32.4. The second-order valence-electron chi connectivity index (χ2n) is 12.9. The van der Waals surface area contributed by atoms with Gasteiger partial charge in [-0.3, -0.25) is 18.7 Å². The van der Waals surface area contributed by atoms with E-state index in [9.17, 15) is 26.4 Å². The number of ketones is 2. The minimum Gasteiger partial charge on any atom is -0.299 e. The molecule has 1 aromatic rings. The molecule has 4 aliphatic carbocycles. The first kappa shape index (κ1) is 30.9. The summed E-state index contributed by atoms with van der Waals surface area (Å²) in [7, 11) is -8.15. The maximum atomic E-state index is 11.9. The molecule has 8 nitrogen and oxygen atoms in total. The van der Waals surface area contributed by atoms with Crippen LogP contribution in [0.1, 0.15) is 77.3 Å². The second-order valence-corrected chi connectivity index (χ2v) is 15.8. The molecule has 4 fully saturated rings. The molecule has 2 N–H and O–H groups in total. The SMILES string of the molecule is CC1(C)C2CCC1(CS(=O)(=O)O)C(=O)C2.CC1(C)C2CCC1(CS(=O)(=O)O)C(=O)C2.Cc1ccccc1C. The van der Waals surface area contributed by atoms with Gasteiger partial charge < -0.3 is 0 Å². The lowest BCUT2D eigenvalue weighted by Gasteiger charge is -2.35. The summed E-state index contributed by atoms with van der Waals surface area (Å²) < 4.78 is 62.0. The first-order valence-electron chi connectivity index (χ1n) is 13.2. The van der Waals surface area contributed by atoms with Crippen LogP contribution in [0.15, 0.2) is 24.3 Å². The molecule has 0 saturated heterocycles. The zero-order valence-corrected chi connectivity index (χ0v) is 24.9. The predicted molar refractivity (Wildman–Crippen MR) is 146 cm³/mol. The Kier molecular flexibility index (Phi) is 8.21. The van der Waals surface area contributed by atoms with E-state index in [1.54, 1.807) is 0 Å². The van der Waals surface area contributed by atoms with Crippen molar-refractivity contribution in [3.63, 3.8) is 0 Å². The zero-order valence-electron chi connectivity index (χ0n) is 23.3. The van der Waals surface area contributed by atoms with E-state index in [-0.39, 0.29) is 34.2 Å². The Hall–Kier alpha value is -1.62. The maximum absolute atomic E-state index is 11.9. The zero-order chi connectivity index (χ0) is 28.9. The van der Waals surface area contributed by atoms with Crippen molar-refractivity contribution in [3.05, 3.63) is 35.4 Å². The molecule has 38 heavy (non-hydrogen) atoms. The lowest BCUT2D eigenvalue weighted by Crippen LogP contribution is -2.42. The Morgan fingerprint density at radius 1 is 0.711 bits per heavy atom. The molecule has 1 aromatic carbocycles. The van der Waals surface area contributed by atoms with Gasteiger partial charge in [0.05, 0.1) is 22.3 Å². The smallest absolute Gasteiger partial charge is 0.265 e. The van der Waals surface area contributed by atoms with E-state index in [0.717, 1.165) is 12.8 Å². The Bertz CT molecular complexity index is 1210. The van der Waals surface area contributed by atoms with Gasteiger partial charge in [0.25, 0.3) is 20.2 Å². The van der Waals surface area contributed by atoms with Crippen LogP contribution in [0.3, 0.4) is 0 Å². The topological polar surface area (TPSA) is 143 Å². The molecule has 4 unspecified atom stereocenters. The van der Waals surface area contributed by atoms with Crippen molar-refractivity contribution in [2.24, 2.45) is 33.5 Å². The van der Waals surface area contributed by atoms with Crippen molar-refractivity contribution >= 4 is 31.8 Å². The summed E-state index contributed by atoms with van der Waals surface area (Å²) >= 11 is 0. The van der Waals surface area contributed by atoms with E-state index in [0.29, 0.717) is 25.7 Å². The number of fused-ring (bicyclic) bond motifs is 4. The van der Waals surface area contributed by atoms with Gasteiger partial charge in [-0.05, 0) is 73.3 Å². The van der Waals surface area contributed by atoms with Crippen LogP contribution in [-0.2, 0) is 29.8 Å². The molecule has 0 aromatic heterocycles. The van der Waals surface area contributed by atoms with Crippen molar-refractivity contribution in [2.45, 2.75) is 80.1 Å². The van der Waals surface area contributed by atoms with Gasteiger partial charge >= 0.3 is 0 Å². The minimum absolute atomic E-state index is 0.0152. The van der Waals surface area contributed by atoms with E-state index < -0.39 is 42.6 Å². The Morgan fingerprint density at radius 2 is 1.03 bits per heavy atom. The van der Waals surface area contributed by atoms with Gasteiger partial charge in [-0.25, -0.2) is 0 Å². The monoisotopic (exact) mass is 570 g/mol. The molecular formula is C28H42O8S2. The quantitative estimate of drug-likeness (QED) is 0.490. The summed E-state index contributed by atoms with van der Waals surface area (Å²) in [6.45, 7) is 12.0. The van der Waals surface area contributed by atoms with E-state index in [4.69, 9.17) is 9.11 Å². The predicted octanol–water partition coefficient (Wildman–Crippen LogP) is 4.84. The van der Waals surface area contributed by atoms with Crippen LogP contribution >= 0.6 is 0 Å². The number of carbonyl (C=O) groups excluding carboxylic acids is 2. The lowest BCUT2D eigenvalue weighted by atomic mass is 9.70. The third-order valence-corrected chi connectivity index (χ3v) is 12.3. The number of aryl methyl sites for hydroxylation is 2. The third kappa shape index (κ3) is 5.51. The standard InChI is InChI=1S/2C10H16O4S.C8H10/c2*1-9(2)7-3-4-10(9,8(11)5-7)6-15(12,13)14;1-7-5-3-4-6-8(7)2/h2*7H,3-6H2,1-2H3,(H,12,13,14);3-6H,1-2H3. The fourth-order valence-corrected chi connectivity index (χ4v) is 10.1. The van der Waals surface area contributed by atoms with Crippen molar-refractivity contribution < 1.29 is 35.5 Å². The van der Waals surface area contributed by atoms with Crippen molar-refractivity contribution in [1.82, 2.24) is 0 Å². The van der Waals surface area contributed by atoms with Crippen LogP contribution in [0.5, 0.6) is 0 Å². The summed E-state index contributed by atoms with van der Waals surface area (Å²) in [5.41, 5.74) is 0.496. The van der Waals surface area contributed by atoms with Crippen LogP contribution in [-0.4, -0.2) is 49.0 Å². The van der Waals surface area contributed by atoms with Gasteiger partial charge in [-0.15, -0.1) is 0 Å². The highest BCUT2D eigenvalue weighted by Crippen LogP contribution is 2.65. The molecule has 4 bridgehead atoms. The molecule has 0 heterocycles. The summed E-state index contributed by atoms with van der Waals surface area (Å²) in [6, 6.07) is 8.36. The lowest BCUT2D eigenvalue weighted by molar-refractivity contribution is -0.128. The Labute approximate surface area is 227 Å². The number of carbonyl (C=O) groups is 2. The highest BCUT2D eigenvalue weighted by molar-refractivity contribution is 7.86. The molecule has 0 amide bonds. The Balaban J connectivity index is 0.000000166. The maximum Gasteiger partial charge on any atom is 0.265 e.